The van der Waals surface area contributed by atoms with Crippen LogP contribution < -0.4 is 5.73 Å². The lowest BCUT2D eigenvalue weighted by atomic mass is 9.97. The quantitative estimate of drug-likeness (QED) is 0.714. The minimum Gasteiger partial charge on any atom is -0.386 e. The van der Waals surface area contributed by atoms with Crippen LogP contribution in [0.25, 0.3) is 0 Å². The first-order valence-electron chi connectivity index (χ1n) is 7.81. The first kappa shape index (κ1) is 18.7. The van der Waals surface area contributed by atoms with Crippen molar-refractivity contribution in [1.29, 1.82) is 10.5 Å². The molecule has 0 bridgehead atoms. The van der Waals surface area contributed by atoms with Crippen molar-refractivity contribution >= 4 is 52.6 Å². The van der Waals surface area contributed by atoms with Crippen LogP contribution in [0.5, 0.6) is 0 Å². The fraction of sp³-hybridized carbons (Fsp3) is 0.471. The molecule has 1 heterocycles. The molecule has 0 amide bonds. The molecule has 1 aromatic rings. The third kappa shape index (κ3) is 2.12. The van der Waals surface area contributed by atoms with Crippen LogP contribution in [-0.4, -0.2) is 21.5 Å². The van der Waals surface area contributed by atoms with E-state index < -0.39 is 21.0 Å². The molecule has 25 heavy (non-hydrogen) atoms. The second-order valence-corrected chi connectivity index (χ2v) is 9.90. The van der Waals surface area contributed by atoms with E-state index in [9.17, 15) is 10.5 Å². The molecule has 4 nitrogen and oxygen atoms in total. The van der Waals surface area contributed by atoms with Gasteiger partial charge < -0.3 is 5.73 Å². The zero-order chi connectivity index (χ0) is 18.5. The molecule has 0 saturated heterocycles. The molecule has 1 saturated carbocycles. The Morgan fingerprint density at radius 2 is 1.84 bits per heavy atom. The second-order valence-electron chi connectivity index (χ2n) is 5.88. The van der Waals surface area contributed by atoms with Gasteiger partial charge in [-0.3, -0.25) is 0 Å². The maximum Gasteiger partial charge on any atom is 0.175 e. The van der Waals surface area contributed by atoms with E-state index in [0.717, 1.165) is 17.1 Å². The number of fused-ring (bicyclic) bond motifs is 1. The average Bonchev–Trinajstić information content (AvgIpc) is 3.13. The molecule has 1 fully saturated rings. The first-order valence-corrected chi connectivity index (χ1v) is 10.5. The van der Waals surface area contributed by atoms with Gasteiger partial charge in [-0.1, -0.05) is 43.1 Å². The summed E-state index contributed by atoms with van der Waals surface area (Å²) < 4.78 is -0.807. The van der Waals surface area contributed by atoms with Gasteiger partial charge in [-0.15, -0.1) is 23.5 Å². The zero-order valence-corrected chi connectivity index (χ0v) is 16.9. The van der Waals surface area contributed by atoms with Crippen molar-refractivity contribution in [1.82, 2.24) is 0 Å². The van der Waals surface area contributed by atoms with Gasteiger partial charge in [0.2, 0.25) is 0 Å². The minimum atomic E-state index is -1.15. The number of thioether (sulfide) groups is 2. The van der Waals surface area contributed by atoms with Gasteiger partial charge in [-0.05, 0) is 29.2 Å². The number of hydrogen-bond donors (Lipinski definition) is 1. The molecule has 0 aromatic heterocycles. The number of amidine groups is 1. The molecule has 3 rings (SSSR count). The molecular formula is C17H16Cl2N4S2. The highest BCUT2D eigenvalue weighted by molar-refractivity contribution is 8.18. The molecule has 1 aromatic carbocycles. The van der Waals surface area contributed by atoms with E-state index in [0.29, 0.717) is 10.0 Å². The van der Waals surface area contributed by atoms with E-state index in [1.54, 1.807) is 41.7 Å². The molecule has 0 spiro atoms. The molecule has 0 radical (unpaired) electrons. The molecular weight excluding hydrogens is 395 g/mol. The van der Waals surface area contributed by atoms with Crippen molar-refractivity contribution in [3.8, 4) is 12.1 Å². The van der Waals surface area contributed by atoms with Gasteiger partial charge in [-0.2, -0.15) is 10.5 Å². The highest BCUT2D eigenvalue weighted by Crippen LogP contribution is 2.85. The van der Waals surface area contributed by atoms with Crippen molar-refractivity contribution in [3.05, 3.63) is 33.8 Å². The lowest BCUT2D eigenvalue weighted by Crippen LogP contribution is -2.31. The summed E-state index contributed by atoms with van der Waals surface area (Å²) >= 11 is 15.5. The van der Waals surface area contributed by atoms with Crippen LogP contribution >= 0.6 is 46.7 Å². The SMILES string of the molecule is CCSC1(SCC)N=C(N)[C@]2(C#N)[C@@H](c3ccc(Cl)cc3Cl)[C@]12C#N. The first-order chi connectivity index (χ1) is 11.9. The number of nitrogens with two attached hydrogens (primary N) is 1. The normalized spacial score (nSPS) is 31.6. The van der Waals surface area contributed by atoms with Gasteiger partial charge in [0.05, 0.1) is 12.1 Å². The fourth-order valence-corrected chi connectivity index (χ4v) is 7.72. The van der Waals surface area contributed by atoms with Crippen LogP contribution in [0.1, 0.15) is 25.3 Å². The highest BCUT2D eigenvalue weighted by atomic mass is 35.5. The third-order valence-electron chi connectivity index (χ3n) is 4.88. The van der Waals surface area contributed by atoms with Gasteiger partial charge in [-0.25, -0.2) is 4.99 Å². The summed E-state index contributed by atoms with van der Waals surface area (Å²) in [5.41, 5.74) is 4.78. The zero-order valence-electron chi connectivity index (χ0n) is 13.7. The summed E-state index contributed by atoms with van der Waals surface area (Å²) in [6, 6.07) is 9.91. The molecule has 1 aliphatic heterocycles. The van der Waals surface area contributed by atoms with E-state index in [2.05, 4.69) is 17.1 Å². The lowest BCUT2D eigenvalue weighted by Gasteiger charge is -2.31. The molecule has 1 aliphatic carbocycles. The van der Waals surface area contributed by atoms with E-state index in [-0.39, 0.29) is 5.84 Å². The number of nitriles is 2. The maximum atomic E-state index is 10.2. The Hall–Kier alpha value is -1.05. The van der Waals surface area contributed by atoms with Gasteiger partial charge in [0.15, 0.2) is 4.20 Å². The lowest BCUT2D eigenvalue weighted by molar-refractivity contribution is 0.564. The Morgan fingerprint density at radius 3 is 2.32 bits per heavy atom. The monoisotopic (exact) mass is 410 g/mol. The van der Waals surface area contributed by atoms with Crippen LogP contribution in [0.15, 0.2) is 23.2 Å². The number of aliphatic imine (C=N–C) groups is 1. The van der Waals surface area contributed by atoms with Crippen molar-refractivity contribution in [3.63, 3.8) is 0 Å². The van der Waals surface area contributed by atoms with Crippen molar-refractivity contribution < 1.29 is 0 Å². The summed E-state index contributed by atoms with van der Waals surface area (Å²) in [7, 11) is 0. The Balaban J connectivity index is 2.25. The van der Waals surface area contributed by atoms with Crippen LogP contribution in [0.2, 0.25) is 10.0 Å². The average molecular weight is 411 g/mol. The summed E-state index contributed by atoms with van der Waals surface area (Å²) in [4.78, 5) is 4.65. The third-order valence-corrected chi connectivity index (χ3v) is 8.34. The van der Waals surface area contributed by atoms with Gasteiger partial charge in [0.25, 0.3) is 0 Å². The van der Waals surface area contributed by atoms with Crippen LogP contribution in [0.3, 0.4) is 0 Å². The van der Waals surface area contributed by atoms with E-state index in [4.69, 9.17) is 28.9 Å². The molecule has 130 valence electrons. The summed E-state index contributed by atoms with van der Waals surface area (Å²) in [5.74, 6) is 1.33. The van der Waals surface area contributed by atoms with Gasteiger partial charge in [0, 0.05) is 16.0 Å². The molecule has 3 atom stereocenters. The minimum absolute atomic E-state index is 0.231. The Kier molecular flexibility index (Phi) is 4.71. The van der Waals surface area contributed by atoms with E-state index >= 15 is 0 Å². The topological polar surface area (TPSA) is 86.0 Å². The van der Waals surface area contributed by atoms with Gasteiger partial charge >= 0.3 is 0 Å². The largest absolute Gasteiger partial charge is 0.386 e. The maximum absolute atomic E-state index is 10.2. The number of rotatable bonds is 5. The molecule has 0 unspecified atom stereocenters. The Labute approximate surface area is 165 Å². The fourth-order valence-electron chi connectivity index (χ4n) is 3.95. The van der Waals surface area contributed by atoms with Crippen LogP contribution in [0, 0.1) is 33.5 Å². The standard InChI is InChI=1S/C17H16Cl2N4S2/c1-3-24-17(25-4-2)16(9-21)13(15(16,8-20)14(22)23-17)11-6-5-10(18)7-12(11)19/h5-7,13H,3-4H2,1-2H3,(H2,22,23)/t13-,15+,16+/m1/s1. The highest BCUT2D eigenvalue weighted by Gasteiger charge is 2.92. The Morgan fingerprint density at radius 1 is 1.20 bits per heavy atom. The number of benzene rings is 1. The van der Waals surface area contributed by atoms with E-state index in [1.165, 1.54) is 0 Å². The predicted octanol–water partition coefficient (Wildman–Crippen LogP) is 4.64. The van der Waals surface area contributed by atoms with Gasteiger partial charge in [0.1, 0.15) is 16.7 Å². The predicted molar refractivity (Wildman–Crippen MR) is 106 cm³/mol. The smallest absolute Gasteiger partial charge is 0.175 e. The number of nitrogens with zero attached hydrogens (tertiary/aromatic N) is 3. The summed E-state index contributed by atoms with van der Waals surface area (Å²) in [5, 5.41) is 21.2. The van der Waals surface area contributed by atoms with Crippen molar-refractivity contribution in [2.24, 2.45) is 21.6 Å². The molecule has 8 heteroatoms. The summed E-state index contributed by atoms with van der Waals surface area (Å²) in [6.45, 7) is 4.02. The Bertz CT molecular complexity index is 838. The second kappa shape index (κ2) is 6.28. The molecule has 2 N–H and O–H groups in total. The van der Waals surface area contributed by atoms with Crippen LogP contribution in [-0.2, 0) is 0 Å². The summed E-state index contributed by atoms with van der Waals surface area (Å²) in [6.07, 6.45) is 0. The van der Waals surface area contributed by atoms with E-state index in [1.807, 2.05) is 13.8 Å². The van der Waals surface area contributed by atoms with Crippen molar-refractivity contribution in [2.75, 3.05) is 11.5 Å². The number of halogens is 2. The molecule has 2 aliphatic rings. The van der Waals surface area contributed by atoms with Crippen LogP contribution in [0.4, 0.5) is 0 Å². The number of hydrogen-bond acceptors (Lipinski definition) is 6. The van der Waals surface area contributed by atoms with Crippen molar-refractivity contribution in [2.45, 2.75) is 24.0 Å².